The Bertz CT molecular complexity index is 773. The molecule has 1 aromatic carbocycles. The SMILES string of the molecule is CC[C@@H]1CCCCN1c1ccc2c(c1)CCCN2C(=O)CCc1ncn[nH]1. The van der Waals surface area contributed by atoms with Crippen molar-refractivity contribution in [1.29, 1.82) is 0 Å². The topological polar surface area (TPSA) is 65.1 Å². The van der Waals surface area contributed by atoms with Crippen molar-refractivity contribution in [1.82, 2.24) is 15.2 Å². The standard InChI is InChI=1S/C21H29N5O/c1-2-17-7-3-4-12-25(17)18-8-9-19-16(14-18)6-5-13-26(19)21(27)11-10-20-22-15-23-24-20/h8-9,14-15,17H,2-7,10-13H2,1H3,(H,22,23,24)/t17-/m1/s1. The second-order valence-electron chi connectivity index (χ2n) is 7.65. The molecule has 1 amide bonds. The molecule has 1 atom stereocenters. The van der Waals surface area contributed by atoms with Crippen LogP contribution < -0.4 is 9.80 Å². The van der Waals surface area contributed by atoms with Crippen LogP contribution in [0.4, 0.5) is 11.4 Å². The highest BCUT2D eigenvalue weighted by Gasteiger charge is 2.25. The van der Waals surface area contributed by atoms with Crippen LogP contribution in [-0.2, 0) is 17.6 Å². The van der Waals surface area contributed by atoms with Crippen LogP contribution in [0.25, 0.3) is 0 Å². The lowest BCUT2D eigenvalue weighted by Gasteiger charge is -2.38. The summed E-state index contributed by atoms with van der Waals surface area (Å²) in [6.45, 7) is 4.25. The van der Waals surface area contributed by atoms with Crippen LogP contribution in [0.15, 0.2) is 24.5 Å². The Labute approximate surface area is 161 Å². The molecule has 0 spiro atoms. The van der Waals surface area contributed by atoms with E-state index >= 15 is 0 Å². The number of piperidine rings is 1. The highest BCUT2D eigenvalue weighted by Crippen LogP contribution is 2.34. The van der Waals surface area contributed by atoms with Crippen molar-refractivity contribution in [2.45, 2.75) is 64.3 Å². The highest BCUT2D eigenvalue weighted by atomic mass is 16.2. The smallest absolute Gasteiger partial charge is 0.227 e. The van der Waals surface area contributed by atoms with Crippen molar-refractivity contribution in [2.24, 2.45) is 0 Å². The van der Waals surface area contributed by atoms with E-state index in [1.807, 2.05) is 4.90 Å². The fraction of sp³-hybridized carbons (Fsp3) is 0.571. The Kier molecular flexibility index (Phi) is 5.41. The minimum absolute atomic E-state index is 0.171. The van der Waals surface area contributed by atoms with Gasteiger partial charge in [-0.1, -0.05) is 6.92 Å². The molecule has 0 bridgehead atoms. The lowest BCUT2D eigenvalue weighted by molar-refractivity contribution is -0.118. The number of anilines is 2. The van der Waals surface area contributed by atoms with Gasteiger partial charge in [0.15, 0.2) is 0 Å². The van der Waals surface area contributed by atoms with Crippen molar-refractivity contribution in [2.75, 3.05) is 22.9 Å². The molecule has 1 N–H and O–H groups in total. The second kappa shape index (κ2) is 8.11. The van der Waals surface area contributed by atoms with Crippen molar-refractivity contribution in [3.05, 3.63) is 35.9 Å². The van der Waals surface area contributed by atoms with Gasteiger partial charge >= 0.3 is 0 Å². The van der Waals surface area contributed by atoms with E-state index in [4.69, 9.17) is 0 Å². The van der Waals surface area contributed by atoms with Crippen molar-refractivity contribution in [3.8, 4) is 0 Å². The number of nitrogens with one attached hydrogen (secondary N) is 1. The Morgan fingerprint density at radius 3 is 3.00 bits per heavy atom. The largest absolute Gasteiger partial charge is 0.369 e. The minimum Gasteiger partial charge on any atom is -0.369 e. The number of benzene rings is 1. The molecule has 1 fully saturated rings. The number of carbonyl (C=O) groups excluding carboxylic acids is 1. The van der Waals surface area contributed by atoms with Gasteiger partial charge in [0.1, 0.15) is 12.2 Å². The molecule has 2 aromatic rings. The maximum Gasteiger partial charge on any atom is 0.227 e. The number of carbonyl (C=O) groups is 1. The van der Waals surface area contributed by atoms with E-state index in [0.717, 1.165) is 37.4 Å². The zero-order valence-corrected chi connectivity index (χ0v) is 16.2. The Balaban J connectivity index is 1.50. The molecule has 6 heteroatoms. The predicted octanol–water partition coefficient (Wildman–Crippen LogP) is 3.49. The number of rotatable bonds is 5. The molecule has 0 saturated carbocycles. The average Bonchev–Trinajstić information content (AvgIpc) is 3.24. The zero-order chi connectivity index (χ0) is 18.6. The summed E-state index contributed by atoms with van der Waals surface area (Å²) < 4.78 is 0. The number of amides is 1. The van der Waals surface area contributed by atoms with Gasteiger partial charge in [0.25, 0.3) is 0 Å². The monoisotopic (exact) mass is 367 g/mol. The summed E-state index contributed by atoms with van der Waals surface area (Å²) in [6, 6.07) is 7.37. The molecular formula is C21H29N5O. The number of aromatic nitrogens is 3. The average molecular weight is 367 g/mol. The first kappa shape index (κ1) is 18.0. The van der Waals surface area contributed by atoms with Crippen LogP contribution in [0.2, 0.25) is 0 Å². The summed E-state index contributed by atoms with van der Waals surface area (Å²) in [4.78, 5) is 21.5. The lowest BCUT2D eigenvalue weighted by atomic mass is 9.96. The fourth-order valence-electron chi connectivity index (χ4n) is 4.50. The summed E-state index contributed by atoms with van der Waals surface area (Å²) >= 11 is 0. The first-order valence-corrected chi connectivity index (χ1v) is 10.3. The summed E-state index contributed by atoms with van der Waals surface area (Å²) in [5, 5.41) is 6.68. The molecule has 3 heterocycles. The third-order valence-corrected chi connectivity index (χ3v) is 5.95. The van der Waals surface area contributed by atoms with E-state index < -0.39 is 0 Å². The van der Waals surface area contributed by atoms with Crippen LogP contribution in [0.1, 0.15) is 56.8 Å². The van der Waals surface area contributed by atoms with Gasteiger partial charge < -0.3 is 9.80 Å². The van der Waals surface area contributed by atoms with Crippen LogP contribution in [0.3, 0.4) is 0 Å². The van der Waals surface area contributed by atoms with Gasteiger partial charge in [-0.2, -0.15) is 5.10 Å². The lowest BCUT2D eigenvalue weighted by Crippen LogP contribution is -2.39. The summed E-state index contributed by atoms with van der Waals surface area (Å²) in [6.07, 6.45) is 9.74. The van der Waals surface area contributed by atoms with Gasteiger partial charge in [-0.15, -0.1) is 0 Å². The summed E-state index contributed by atoms with van der Waals surface area (Å²) in [5.74, 6) is 0.941. The normalized spacial score (nSPS) is 19.8. The van der Waals surface area contributed by atoms with Gasteiger partial charge in [0.2, 0.25) is 5.91 Å². The fourth-order valence-corrected chi connectivity index (χ4v) is 4.50. The predicted molar refractivity (Wildman–Crippen MR) is 107 cm³/mol. The molecule has 6 nitrogen and oxygen atoms in total. The van der Waals surface area contributed by atoms with Gasteiger partial charge in [-0.3, -0.25) is 9.89 Å². The maximum absolute atomic E-state index is 12.8. The molecule has 144 valence electrons. The van der Waals surface area contributed by atoms with E-state index in [0.29, 0.717) is 18.9 Å². The molecule has 27 heavy (non-hydrogen) atoms. The van der Waals surface area contributed by atoms with Gasteiger partial charge in [0, 0.05) is 43.3 Å². The van der Waals surface area contributed by atoms with E-state index in [-0.39, 0.29) is 5.91 Å². The Hall–Kier alpha value is -2.37. The molecule has 1 saturated heterocycles. The highest BCUT2D eigenvalue weighted by molar-refractivity contribution is 5.95. The quantitative estimate of drug-likeness (QED) is 0.879. The number of aromatic amines is 1. The van der Waals surface area contributed by atoms with Crippen molar-refractivity contribution < 1.29 is 4.79 Å². The molecule has 1 aromatic heterocycles. The minimum atomic E-state index is 0.171. The molecular weight excluding hydrogens is 338 g/mol. The Morgan fingerprint density at radius 1 is 1.26 bits per heavy atom. The van der Waals surface area contributed by atoms with Gasteiger partial charge in [0.05, 0.1) is 0 Å². The summed E-state index contributed by atoms with van der Waals surface area (Å²) in [7, 11) is 0. The molecule has 0 radical (unpaired) electrons. The third kappa shape index (κ3) is 3.84. The number of hydrogen-bond donors (Lipinski definition) is 1. The first-order valence-electron chi connectivity index (χ1n) is 10.3. The number of aryl methyl sites for hydroxylation is 2. The van der Waals surface area contributed by atoms with Crippen LogP contribution in [0.5, 0.6) is 0 Å². The Morgan fingerprint density at radius 2 is 2.19 bits per heavy atom. The van der Waals surface area contributed by atoms with Crippen LogP contribution in [-0.4, -0.2) is 40.2 Å². The number of fused-ring (bicyclic) bond motifs is 1. The molecule has 0 unspecified atom stereocenters. The van der Waals surface area contributed by atoms with Gasteiger partial charge in [-0.25, -0.2) is 4.98 Å². The first-order chi connectivity index (χ1) is 13.3. The zero-order valence-electron chi connectivity index (χ0n) is 16.2. The van der Waals surface area contributed by atoms with Crippen LogP contribution >= 0.6 is 0 Å². The summed E-state index contributed by atoms with van der Waals surface area (Å²) in [5.41, 5.74) is 3.74. The van der Waals surface area contributed by atoms with Gasteiger partial charge in [-0.05, 0) is 62.3 Å². The van der Waals surface area contributed by atoms with Crippen molar-refractivity contribution in [3.63, 3.8) is 0 Å². The maximum atomic E-state index is 12.8. The molecule has 0 aliphatic carbocycles. The van der Waals surface area contributed by atoms with E-state index in [9.17, 15) is 4.79 Å². The van der Waals surface area contributed by atoms with Crippen LogP contribution in [0, 0.1) is 0 Å². The third-order valence-electron chi connectivity index (χ3n) is 5.95. The molecule has 2 aliphatic heterocycles. The van der Waals surface area contributed by atoms with E-state index in [1.54, 1.807) is 0 Å². The molecule has 2 aliphatic rings. The second-order valence-corrected chi connectivity index (χ2v) is 7.65. The van der Waals surface area contributed by atoms with Crippen molar-refractivity contribution >= 4 is 17.3 Å². The van der Waals surface area contributed by atoms with E-state index in [1.165, 1.54) is 43.3 Å². The number of nitrogens with zero attached hydrogens (tertiary/aromatic N) is 4. The number of hydrogen-bond acceptors (Lipinski definition) is 4. The van der Waals surface area contributed by atoms with E-state index in [2.05, 4.69) is 45.2 Å². The number of H-pyrrole nitrogens is 1. The molecule has 4 rings (SSSR count).